The largest absolute Gasteiger partial charge is 0.352 e. The fraction of sp³-hybridized carbons (Fsp3) is 0.417. The van der Waals surface area contributed by atoms with Gasteiger partial charge in [0.2, 0.25) is 0 Å². The summed E-state index contributed by atoms with van der Waals surface area (Å²) in [5.41, 5.74) is 1.16. The summed E-state index contributed by atoms with van der Waals surface area (Å²) in [5.74, 6) is -0.223. The highest BCUT2D eigenvalue weighted by Crippen LogP contribution is 2.15. The molecular weight excluding hydrogens is 238 g/mol. The monoisotopic (exact) mass is 251 g/mol. The van der Waals surface area contributed by atoms with Gasteiger partial charge in [-0.05, 0) is 25.8 Å². The van der Waals surface area contributed by atoms with Crippen LogP contribution in [0, 0.1) is 18.3 Å². The van der Waals surface area contributed by atoms with Gasteiger partial charge >= 0.3 is 0 Å². The highest BCUT2D eigenvalue weighted by Gasteiger charge is 2.10. The normalized spacial score (nSPS) is 9.71. The van der Waals surface area contributed by atoms with E-state index in [9.17, 15) is 4.79 Å². The van der Waals surface area contributed by atoms with E-state index in [0.717, 1.165) is 18.5 Å². The van der Waals surface area contributed by atoms with Crippen LogP contribution in [0.5, 0.6) is 0 Å². The Morgan fingerprint density at radius 2 is 2.35 bits per heavy atom. The summed E-state index contributed by atoms with van der Waals surface area (Å²) in [4.78, 5) is 15.7. The zero-order valence-corrected chi connectivity index (χ0v) is 10.4. The molecule has 17 heavy (non-hydrogen) atoms. The van der Waals surface area contributed by atoms with Crippen LogP contribution >= 0.6 is 11.6 Å². The average molecular weight is 252 g/mol. The van der Waals surface area contributed by atoms with Gasteiger partial charge in [0.25, 0.3) is 5.91 Å². The maximum absolute atomic E-state index is 11.7. The topological polar surface area (TPSA) is 65.8 Å². The van der Waals surface area contributed by atoms with Crippen molar-refractivity contribution in [2.24, 2.45) is 0 Å². The first-order chi connectivity index (χ1) is 8.15. The van der Waals surface area contributed by atoms with Crippen LogP contribution in [0.25, 0.3) is 0 Å². The van der Waals surface area contributed by atoms with Crippen molar-refractivity contribution in [3.05, 3.63) is 28.5 Å². The first kappa shape index (κ1) is 13.5. The molecule has 4 nitrogen and oxygen atoms in total. The third-order valence-electron chi connectivity index (χ3n) is 2.24. The van der Waals surface area contributed by atoms with Gasteiger partial charge in [0.15, 0.2) is 0 Å². The minimum atomic E-state index is -0.223. The molecule has 0 aliphatic rings. The third kappa shape index (κ3) is 4.41. The second-order valence-electron chi connectivity index (χ2n) is 3.68. The van der Waals surface area contributed by atoms with Gasteiger partial charge in [0, 0.05) is 24.9 Å². The predicted molar refractivity (Wildman–Crippen MR) is 65.8 cm³/mol. The summed E-state index contributed by atoms with van der Waals surface area (Å²) in [5, 5.41) is 11.5. The zero-order valence-electron chi connectivity index (χ0n) is 9.66. The Bertz CT molecular complexity index is 440. The van der Waals surface area contributed by atoms with E-state index in [0.29, 0.717) is 23.6 Å². The second-order valence-corrected chi connectivity index (χ2v) is 4.08. The van der Waals surface area contributed by atoms with E-state index in [4.69, 9.17) is 16.9 Å². The minimum Gasteiger partial charge on any atom is -0.352 e. The standard InChI is InChI=1S/C12H14ClN3O/c1-9-7-11(13)10(8-16-9)12(17)15-6-4-2-3-5-14/h7-8H,2-4,6H2,1H3,(H,15,17). The number of aryl methyl sites for hydroxylation is 1. The summed E-state index contributed by atoms with van der Waals surface area (Å²) >= 11 is 5.94. The molecule has 0 atom stereocenters. The molecule has 0 unspecified atom stereocenters. The molecule has 0 aliphatic carbocycles. The molecule has 0 saturated heterocycles. The molecule has 0 bridgehead atoms. The van der Waals surface area contributed by atoms with Crippen LogP contribution in [0.15, 0.2) is 12.3 Å². The molecule has 1 rings (SSSR count). The fourth-order valence-corrected chi connectivity index (χ4v) is 1.61. The van der Waals surface area contributed by atoms with Crippen LogP contribution in [0.1, 0.15) is 35.3 Å². The number of nitrogens with zero attached hydrogens (tertiary/aromatic N) is 2. The van der Waals surface area contributed by atoms with Gasteiger partial charge in [-0.15, -0.1) is 0 Å². The lowest BCUT2D eigenvalue weighted by atomic mass is 10.2. The third-order valence-corrected chi connectivity index (χ3v) is 2.55. The van der Waals surface area contributed by atoms with Crippen molar-refractivity contribution in [2.45, 2.75) is 26.2 Å². The average Bonchev–Trinajstić information content (AvgIpc) is 2.28. The summed E-state index contributed by atoms with van der Waals surface area (Å²) in [6.07, 6.45) is 3.57. The van der Waals surface area contributed by atoms with Crippen LogP contribution in [-0.4, -0.2) is 17.4 Å². The second kappa shape index (κ2) is 6.87. The van der Waals surface area contributed by atoms with Gasteiger partial charge in [-0.2, -0.15) is 5.26 Å². The van der Waals surface area contributed by atoms with E-state index in [1.807, 2.05) is 6.92 Å². The number of nitriles is 1. The number of carbonyl (C=O) groups is 1. The highest BCUT2D eigenvalue weighted by molar-refractivity contribution is 6.33. The van der Waals surface area contributed by atoms with Crippen molar-refractivity contribution in [3.63, 3.8) is 0 Å². The number of rotatable bonds is 5. The number of hydrogen-bond donors (Lipinski definition) is 1. The van der Waals surface area contributed by atoms with E-state index in [1.54, 1.807) is 6.07 Å². The molecule has 5 heteroatoms. The maximum atomic E-state index is 11.7. The smallest absolute Gasteiger partial charge is 0.254 e. The first-order valence-corrected chi connectivity index (χ1v) is 5.80. The number of carbonyl (C=O) groups excluding carboxylic acids is 1. The van der Waals surface area contributed by atoms with Gasteiger partial charge in [0.05, 0.1) is 16.7 Å². The Morgan fingerprint density at radius 1 is 1.59 bits per heavy atom. The molecule has 1 heterocycles. The molecule has 0 aromatic carbocycles. The van der Waals surface area contributed by atoms with E-state index in [1.165, 1.54) is 6.20 Å². The molecule has 90 valence electrons. The molecule has 1 N–H and O–H groups in total. The summed E-state index contributed by atoms with van der Waals surface area (Å²) in [7, 11) is 0. The molecule has 1 amide bonds. The lowest BCUT2D eigenvalue weighted by molar-refractivity contribution is 0.0953. The summed E-state index contributed by atoms with van der Waals surface area (Å²) in [6.45, 7) is 2.36. The molecule has 1 aromatic heterocycles. The van der Waals surface area contributed by atoms with E-state index in [-0.39, 0.29) is 5.91 Å². The van der Waals surface area contributed by atoms with E-state index >= 15 is 0 Å². The number of amides is 1. The van der Waals surface area contributed by atoms with Crippen molar-refractivity contribution in [1.29, 1.82) is 5.26 Å². The Kier molecular flexibility index (Phi) is 5.44. The van der Waals surface area contributed by atoms with Crippen LogP contribution < -0.4 is 5.32 Å². The van der Waals surface area contributed by atoms with Crippen LogP contribution in [0.3, 0.4) is 0 Å². The lowest BCUT2D eigenvalue weighted by Gasteiger charge is -2.06. The Hall–Kier alpha value is -1.60. The number of nitrogens with one attached hydrogen (secondary N) is 1. The highest BCUT2D eigenvalue weighted by atomic mass is 35.5. The predicted octanol–water partition coefficient (Wildman–Crippen LogP) is 2.47. The fourth-order valence-electron chi connectivity index (χ4n) is 1.32. The van der Waals surface area contributed by atoms with Crippen molar-refractivity contribution < 1.29 is 4.79 Å². The molecule has 0 saturated carbocycles. The molecule has 0 fully saturated rings. The molecule has 0 spiro atoms. The van der Waals surface area contributed by atoms with Crippen LogP contribution in [0.2, 0.25) is 5.02 Å². The Balaban J connectivity index is 2.45. The summed E-state index contributed by atoms with van der Waals surface area (Å²) < 4.78 is 0. The van der Waals surface area contributed by atoms with Gasteiger partial charge in [-0.25, -0.2) is 0 Å². The molecule has 1 aromatic rings. The Morgan fingerprint density at radius 3 is 3.00 bits per heavy atom. The quantitative estimate of drug-likeness (QED) is 0.818. The Labute approximate surface area is 106 Å². The van der Waals surface area contributed by atoms with Crippen molar-refractivity contribution in [1.82, 2.24) is 10.3 Å². The number of pyridine rings is 1. The molecular formula is C12H14ClN3O. The minimum absolute atomic E-state index is 0.223. The van der Waals surface area contributed by atoms with Crippen LogP contribution in [-0.2, 0) is 0 Å². The van der Waals surface area contributed by atoms with Crippen molar-refractivity contribution in [2.75, 3.05) is 6.54 Å². The lowest BCUT2D eigenvalue weighted by Crippen LogP contribution is -2.24. The number of hydrogen-bond acceptors (Lipinski definition) is 3. The van der Waals surface area contributed by atoms with Gasteiger partial charge < -0.3 is 5.32 Å². The number of halogens is 1. The van der Waals surface area contributed by atoms with Gasteiger partial charge in [-0.3, -0.25) is 9.78 Å². The number of unbranched alkanes of at least 4 members (excludes halogenated alkanes) is 2. The SMILES string of the molecule is Cc1cc(Cl)c(C(=O)NCCCCC#N)cn1. The van der Waals surface area contributed by atoms with E-state index in [2.05, 4.69) is 16.4 Å². The van der Waals surface area contributed by atoms with Gasteiger partial charge in [0.1, 0.15) is 0 Å². The first-order valence-electron chi connectivity index (χ1n) is 5.42. The van der Waals surface area contributed by atoms with Crippen molar-refractivity contribution in [3.8, 4) is 6.07 Å². The molecule has 0 aliphatic heterocycles. The summed E-state index contributed by atoms with van der Waals surface area (Å²) in [6, 6.07) is 3.72. The van der Waals surface area contributed by atoms with E-state index < -0.39 is 0 Å². The molecule has 0 radical (unpaired) electrons. The van der Waals surface area contributed by atoms with Crippen LogP contribution in [0.4, 0.5) is 0 Å². The van der Waals surface area contributed by atoms with Crippen molar-refractivity contribution >= 4 is 17.5 Å². The maximum Gasteiger partial charge on any atom is 0.254 e. The number of aromatic nitrogens is 1. The zero-order chi connectivity index (χ0) is 12.7. The van der Waals surface area contributed by atoms with Gasteiger partial charge in [-0.1, -0.05) is 11.6 Å².